The first-order valence-electron chi connectivity index (χ1n) is 4.50. The molecule has 0 bridgehead atoms. The number of ether oxygens (including phenoxy) is 2. The van der Waals surface area contributed by atoms with E-state index in [1.807, 2.05) is 0 Å². The second kappa shape index (κ2) is 5.18. The minimum atomic E-state index is -0.387. The van der Waals surface area contributed by atoms with Crippen molar-refractivity contribution in [3.8, 4) is 0 Å². The van der Waals surface area contributed by atoms with Crippen molar-refractivity contribution in [2.24, 2.45) is 5.41 Å². The maximum absolute atomic E-state index is 6.37. The van der Waals surface area contributed by atoms with Gasteiger partial charge in [0.25, 0.3) is 0 Å². The Morgan fingerprint density at radius 1 is 1.00 bits per heavy atom. The molecule has 0 rings (SSSR count). The number of alkyl halides is 1. The van der Waals surface area contributed by atoms with Gasteiger partial charge in [-0.15, -0.1) is 11.6 Å². The second-order valence-corrected chi connectivity index (χ2v) is 5.56. The molecule has 0 N–H and O–H groups in total. The molecule has 0 aromatic rings. The van der Waals surface area contributed by atoms with Gasteiger partial charge in [0.1, 0.15) is 0 Å². The van der Waals surface area contributed by atoms with Gasteiger partial charge >= 0.3 is 0 Å². The first-order chi connectivity index (χ1) is 5.83. The minimum absolute atomic E-state index is 0.193. The van der Waals surface area contributed by atoms with Gasteiger partial charge in [-0.25, -0.2) is 0 Å². The molecule has 0 amide bonds. The highest BCUT2D eigenvalue weighted by Crippen LogP contribution is 2.32. The maximum atomic E-state index is 6.37. The summed E-state index contributed by atoms with van der Waals surface area (Å²) in [5.74, 6) is 0. The lowest BCUT2D eigenvalue weighted by atomic mass is 9.85. The lowest BCUT2D eigenvalue weighted by Crippen LogP contribution is -2.37. The fraction of sp³-hybridized carbons (Fsp3) is 1.00. The van der Waals surface area contributed by atoms with Crippen LogP contribution in [0.25, 0.3) is 0 Å². The van der Waals surface area contributed by atoms with Gasteiger partial charge < -0.3 is 9.47 Å². The molecule has 0 aliphatic carbocycles. The summed E-state index contributed by atoms with van der Waals surface area (Å²) in [5, 5.41) is 0. The molecule has 13 heavy (non-hydrogen) atoms. The summed E-state index contributed by atoms with van der Waals surface area (Å²) in [6.07, 6.45) is 0.878. The van der Waals surface area contributed by atoms with Crippen LogP contribution in [0.3, 0.4) is 0 Å². The standard InChI is InChI=1S/C10H21ClO2/c1-9(2,3)6-10(11,7-12-4)8-13-5/h6-8H2,1-5H3. The number of hydrogen-bond donors (Lipinski definition) is 0. The smallest absolute Gasteiger partial charge is 0.0916 e. The van der Waals surface area contributed by atoms with Gasteiger partial charge in [-0.2, -0.15) is 0 Å². The molecule has 3 heteroatoms. The molecular weight excluding hydrogens is 188 g/mol. The highest BCUT2D eigenvalue weighted by molar-refractivity contribution is 6.24. The van der Waals surface area contributed by atoms with Crippen molar-refractivity contribution in [2.45, 2.75) is 32.1 Å². The molecule has 0 aliphatic heterocycles. The lowest BCUT2D eigenvalue weighted by molar-refractivity contribution is 0.0789. The van der Waals surface area contributed by atoms with Crippen LogP contribution in [0.5, 0.6) is 0 Å². The van der Waals surface area contributed by atoms with E-state index in [1.54, 1.807) is 14.2 Å². The van der Waals surface area contributed by atoms with E-state index in [1.165, 1.54) is 0 Å². The van der Waals surface area contributed by atoms with Crippen molar-refractivity contribution in [3.05, 3.63) is 0 Å². The fourth-order valence-electron chi connectivity index (χ4n) is 1.61. The van der Waals surface area contributed by atoms with Crippen LogP contribution in [0.2, 0.25) is 0 Å². The van der Waals surface area contributed by atoms with E-state index >= 15 is 0 Å². The summed E-state index contributed by atoms with van der Waals surface area (Å²) < 4.78 is 10.2. The topological polar surface area (TPSA) is 18.5 Å². The molecule has 0 spiro atoms. The van der Waals surface area contributed by atoms with Gasteiger partial charge in [-0.3, -0.25) is 0 Å². The Bertz CT molecular complexity index is 134. The third-order valence-corrected chi connectivity index (χ3v) is 2.01. The Labute approximate surface area is 86.6 Å². The Morgan fingerprint density at radius 3 is 1.62 bits per heavy atom. The number of hydrogen-bond acceptors (Lipinski definition) is 2. The first-order valence-corrected chi connectivity index (χ1v) is 4.88. The average Bonchev–Trinajstić information content (AvgIpc) is 1.82. The quantitative estimate of drug-likeness (QED) is 0.647. The molecule has 0 atom stereocenters. The van der Waals surface area contributed by atoms with Crippen molar-refractivity contribution in [3.63, 3.8) is 0 Å². The predicted octanol–water partition coefficient (Wildman–Crippen LogP) is 2.69. The van der Waals surface area contributed by atoms with Crippen LogP contribution in [-0.2, 0) is 9.47 Å². The molecule has 0 aromatic heterocycles. The van der Waals surface area contributed by atoms with Crippen molar-refractivity contribution in [2.75, 3.05) is 27.4 Å². The van der Waals surface area contributed by atoms with Crippen LogP contribution in [0.15, 0.2) is 0 Å². The zero-order chi connectivity index (χ0) is 10.5. The fourth-order valence-corrected chi connectivity index (χ4v) is 2.23. The van der Waals surface area contributed by atoms with Gasteiger partial charge in [-0.1, -0.05) is 20.8 Å². The zero-order valence-electron chi connectivity index (χ0n) is 9.32. The largest absolute Gasteiger partial charge is 0.383 e. The van der Waals surface area contributed by atoms with Crippen LogP contribution in [0, 0.1) is 5.41 Å². The molecule has 0 heterocycles. The van der Waals surface area contributed by atoms with Crippen LogP contribution in [-0.4, -0.2) is 32.3 Å². The first kappa shape index (κ1) is 13.2. The summed E-state index contributed by atoms with van der Waals surface area (Å²) in [5.41, 5.74) is 0.193. The summed E-state index contributed by atoms with van der Waals surface area (Å²) in [6, 6.07) is 0. The van der Waals surface area contributed by atoms with Gasteiger partial charge in [0.15, 0.2) is 0 Å². The molecule has 80 valence electrons. The Balaban J connectivity index is 4.22. The number of halogens is 1. The Kier molecular flexibility index (Phi) is 5.26. The Hall–Kier alpha value is 0.210. The summed E-state index contributed by atoms with van der Waals surface area (Å²) in [6.45, 7) is 7.54. The molecular formula is C10H21ClO2. The molecule has 0 saturated heterocycles. The van der Waals surface area contributed by atoms with Crippen LogP contribution < -0.4 is 0 Å². The third-order valence-electron chi connectivity index (χ3n) is 1.65. The van der Waals surface area contributed by atoms with E-state index in [-0.39, 0.29) is 10.3 Å². The van der Waals surface area contributed by atoms with E-state index in [4.69, 9.17) is 21.1 Å². The van der Waals surface area contributed by atoms with Crippen LogP contribution >= 0.6 is 11.6 Å². The molecule has 0 aliphatic rings. The van der Waals surface area contributed by atoms with Crippen LogP contribution in [0.1, 0.15) is 27.2 Å². The highest BCUT2D eigenvalue weighted by Gasteiger charge is 2.32. The zero-order valence-corrected chi connectivity index (χ0v) is 10.1. The van der Waals surface area contributed by atoms with Gasteiger partial charge in [0.05, 0.1) is 18.1 Å². The van der Waals surface area contributed by atoms with Gasteiger partial charge in [-0.05, 0) is 11.8 Å². The van der Waals surface area contributed by atoms with Crippen molar-refractivity contribution >= 4 is 11.6 Å². The van der Waals surface area contributed by atoms with E-state index in [9.17, 15) is 0 Å². The molecule has 0 radical (unpaired) electrons. The van der Waals surface area contributed by atoms with Crippen molar-refractivity contribution < 1.29 is 9.47 Å². The van der Waals surface area contributed by atoms with E-state index < -0.39 is 0 Å². The predicted molar refractivity (Wildman–Crippen MR) is 56.4 cm³/mol. The van der Waals surface area contributed by atoms with Crippen molar-refractivity contribution in [1.29, 1.82) is 0 Å². The summed E-state index contributed by atoms with van der Waals surface area (Å²) in [4.78, 5) is -0.387. The lowest BCUT2D eigenvalue weighted by Gasteiger charge is -2.32. The molecule has 0 aromatic carbocycles. The molecule has 2 nitrogen and oxygen atoms in total. The van der Waals surface area contributed by atoms with E-state index in [0.717, 1.165) is 6.42 Å². The average molecular weight is 209 g/mol. The third kappa shape index (κ3) is 6.30. The number of methoxy groups -OCH3 is 2. The van der Waals surface area contributed by atoms with Crippen LogP contribution in [0.4, 0.5) is 0 Å². The van der Waals surface area contributed by atoms with E-state index in [2.05, 4.69) is 20.8 Å². The van der Waals surface area contributed by atoms with Crippen molar-refractivity contribution in [1.82, 2.24) is 0 Å². The minimum Gasteiger partial charge on any atom is -0.383 e. The summed E-state index contributed by atoms with van der Waals surface area (Å²) >= 11 is 6.37. The van der Waals surface area contributed by atoms with Gasteiger partial charge in [0.2, 0.25) is 0 Å². The Morgan fingerprint density at radius 2 is 1.38 bits per heavy atom. The SMILES string of the molecule is COCC(Cl)(COC)CC(C)(C)C. The number of rotatable bonds is 5. The highest BCUT2D eigenvalue weighted by atomic mass is 35.5. The normalized spacial score (nSPS) is 13.4. The van der Waals surface area contributed by atoms with E-state index in [0.29, 0.717) is 13.2 Å². The monoisotopic (exact) mass is 208 g/mol. The molecule has 0 saturated carbocycles. The maximum Gasteiger partial charge on any atom is 0.0916 e. The molecule has 0 unspecified atom stereocenters. The molecule has 0 fully saturated rings. The second-order valence-electron chi connectivity index (χ2n) is 4.75. The summed E-state index contributed by atoms with van der Waals surface area (Å²) in [7, 11) is 3.32. The van der Waals surface area contributed by atoms with Gasteiger partial charge in [0, 0.05) is 14.2 Å².